The van der Waals surface area contributed by atoms with Crippen LogP contribution in [0.2, 0.25) is 0 Å². The molecule has 1 aromatic rings. The van der Waals surface area contributed by atoms with Crippen molar-refractivity contribution in [3.8, 4) is 0 Å². The van der Waals surface area contributed by atoms with E-state index >= 15 is 0 Å². The van der Waals surface area contributed by atoms with Crippen LogP contribution in [0.15, 0.2) is 22.7 Å². The molecule has 1 aliphatic carbocycles. The number of nitrogens with two attached hydrogens (primary N) is 1. The maximum atomic E-state index is 11.1. The van der Waals surface area contributed by atoms with E-state index in [9.17, 15) is 10.1 Å². The lowest BCUT2D eigenvalue weighted by Gasteiger charge is -2.26. The zero-order valence-corrected chi connectivity index (χ0v) is 12.5. The third kappa shape index (κ3) is 3.52. The van der Waals surface area contributed by atoms with Crippen molar-refractivity contribution in [3.05, 3.63) is 38.3 Å². The monoisotopic (exact) mass is 327 g/mol. The van der Waals surface area contributed by atoms with Gasteiger partial charge in [0.25, 0.3) is 5.69 Å². The van der Waals surface area contributed by atoms with Crippen LogP contribution in [0.3, 0.4) is 0 Å². The first-order valence-corrected chi connectivity index (χ1v) is 7.15. The highest BCUT2D eigenvalue weighted by Gasteiger charge is 2.33. The van der Waals surface area contributed by atoms with Gasteiger partial charge in [0.15, 0.2) is 0 Å². The van der Waals surface area contributed by atoms with Gasteiger partial charge in [-0.2, -0.15) is 0 Å². The van der Waals surface area contributed by atoms with Gasteiger partial charge >= 0.3 is 0 Å². The summed E-state index contributed by atoms with van der Waals surface area (Å²) in [6.07, 6.45) is 2.43. The molecular formula is C13H18BrN3O2. The van der Waals surface area contributed by atoms with Gasteiger partial charge in [0.1, 0.15) is 0 Å². The Morgan fingerprint density at radius 1 is 1.58 bits per heavy atom. The van der Waals surface area contributed by atoms with Gasteiger partial charge in [-0.1, -0.05) is 15.9 Å². The summed E-state index contributed by atoms with van der Waals surface area (Å²) in [5.41, 5.74) is 6.70. The van der Waals surface area contributed by atoms with E-state index in [1.165, 1.54) is 12.8 Å². The first-order valence-electron chi connectivity index (χ1n) is 6.36. The minimum absolute atomic E-state index is 0.160. The fraction of sp³-hybridized carbons (Fsp3) is 0.538. The van der Waals surface area contributed by atoms with Gasteiger partial charge in [0, 0.05) is 35.2 Å². The lowest BCUT2D eigenvalue weighted by Crippen LogP contribution is -2.39. The fourth-order valence-electron chi connectivity index (χ4n) is 2.44. The molecule has 5 nitrogen and oxygen atoms in total. The molecule has 0 bridgehead atoms. The SMILES string of the molecule is CN(Cc1ccc(Br)cc1[N+](=O)[O-])C(CN)C1CC1. The topological polar surface area (TPSA) is 72.4 Å². The quantitative estimate of drug-likeness (QED) is 0.643. The summed E-state index contributed by atoms with van der Waals surface area (Å²) in [7, 11) is 1.99. The van der Waals surface area contributed by atoms with Crippen molar-refractivity contribution >= 4 is 21.6 Å². The highest BCUT2D eigenvalue weighted by Crippen LogP contribution is 2.35. The van der Waals surface area contributed by atoms with Crippen LogP contribution in [0, 0.1) is 16.0 Å². The van der Waals surface area contributed by atoms with Crippen LogP contribution >= 0.6 is 15.9 Å². The van der Waals surface area contributed by atoms with Crippen LogP contribution < -0.4 is 5.73 Å². The van der Waals surface area contributed by atoms with Gasteiger partial charge in [-0.25, -0.2) is 0 Å². The van der Waals surface area contributed by atoms with Gasteiger partial charge in [-0.15, -0.1) is 0 Å². The predicted octanol–water partition coefficient (Wildman–Crippen LogP) is 2.53. The molecule has 0 saturated heterocycles. The molecule has 6 heteroatoms. The zero-order chi connectivity index (χ0) is 14.0. The maximum Gasteiger partial charge on any atom is 0.275 e. The summed E-state index contributed by atoms with van der Waals surface area (Å²) < 4.78 is 0.725. The van der Waals surface area contributed by atoms with Crippen LogP contribution in [0.4, 0.5) is 5.69 Å². The molecular weight excluding hydrogens is 310 g/mol. The summed E-state index contributed by atoms with van der Waals surface area (Å²) in [5.74, 6) is 0.657. The molecule has 1 atom stereocenters. The van der Waals surface area contributed by atoms with E-state index in [2.05, 4.69) is 20.8 Å². The Hall–Kier alpha value is -0.980. The van der Waals surface area contributed by atoms with Crippen molar-refractivity contribution in [2.24, 2.45) is 11.7 Å². The predicted molar refractivity (Wildman–Crippen MR) is 77.8 cm³/mol. The number of rotatable bonds is 6. The normalized spacial score (nSPS) is 16.6. The second-order valence-corrected chi connectivity index (χ2v) is 6.00. The standard InChI is InChI=1S/C13H18BrN3O2/c1-16(13(7-15)9-2-3-9)8-10-4-5-11(14)6-12(10)17(18)19/h4-6,9,13H,2-3,7-8,15H2,1H3. The largest absolute Gasteiger partial charge is 0.329 e. The Bertz CT molecular complexity index is 477. The molecule has 0 amide bonds. The molecule has 0 radical (unpaired) electrons. The highest BCUT2D eigenvalue weighted by atomic mass is 79.9. The Morgan fingerprint density at radius 3 is 2.79 bits per heavy atom. The zero-order valence-electron chi connectivity index (χ0n) is 10.9. The number of nitro groups is 1. The fourth-order valence-corrected chi connectivity index (χ4v) is 2.79. The van der Waals surface area contributed by atoms with Crippen LogP contribution in [0.1, 0.15) is 18.4 Å². The van der Waals surface area contributed by atoms with E-state index < -0.39 is 0 Å². The minimum Gasteiger partial charge on any atom is -0.329 e. The number of benzene rings is 1. The van der Waals surface area contributed by atoms with Crippen molar-refractivity contribution in [2.75, 3.05) is 13.6 Å². The molecule has 1 aliphatic rings. The first kappa shape index (κ1) is 14.4. The van der Waals surface area contributed by atoms with Crippen LogP contribution in [-0.4, -0.2) is 29.5 Å². The average Bonchev–Trinajstić information content (AvgIpc) is 3.16. The number of likely N-dealkylation sites (N-methyl/N-ethyl adjacent to an activating group) is 1. The molecule has 19 heavy (non-hydrogen) atoms. The summed E-state index contributed by atoms with van der Waals surface area (Å²) in [5, 5.41) is 11.1. The highest BCUT2D eigenvalue weighted by molar-refractivity contribution is 9.10. The number of hydrogen-bond acceptors (Lipinski definition) is 4. The summed E-state index contributed by atoms with van der Waals surface area (Å²) in [6, 6.07) is 5.52. The van der Waals surface area contributed by atoms with E-state index in [0.29, 0.717) is 25.0 Å². The van der Waals surface area contributed by atoms with Gasteiger partial charge in [-0.3, -0.25) is 15.0 Å². The van der Waals surface area contributed by atoms with Crippen molar-refractivity contribution in [3.63, 3.8) is 0 Å². The van der Waals surface area contributed by atoms with Gasteiger partial charge in [0.2, 0.25) is 0 Å². The van der Waals surface area contributed by atoms with Crippen molar-refractivity contribution < 1.29 is 4.92 Å². The second kappa shape index (κ2) is 5.98. The Kier molecular flexibility index (Phi) is 4.54. The molecule has 1 aromatic carbocycles. The lowest BCUT2D eigenvalue weighted by atomic mass is 10.1. The Morgan fingerprint density at radius 2 is 2.26 bits per heavy atom. The van der Waals surface area contributed by atoms with E-state index in [1.807, 2.05) is 13.1 Å². The number of nitrogens with zero attached hydrogens (tertiary/aromatic N) is 2. The molecule has 1 saturated carbocycles. The Labute approximate surface area is 121 Å². The number of nitro benzene ring substituents is 1. The molecule has 1 fully saturated rings. The molecule has 0 aromatic heterocycles. The van der Waals surface area contributed by atoms with Gasteiger partial charge in [-0.05, 0) is 37.9 Å². The van der Waals surface area contributed by atoms with Crippen LogP contribution in [0.25, 0.3) is 0 Å². The molecule has 2 N–H and O–H groups in total. The molecule has 104 valence electrons. The van der Waals surface area contributed by atoms with Crippen LogP contribution in [0.5, 0.6) is 0 Å². The Balaban J connectivity index is 2.15. The maximum absolute atomic E-state index is 11.1. The second-order valence-electron chi connectivity index (χ2n) is 5.09. The first-order chi connectivity index (χ1) is 9.02. The van der Waals surface area contributed by atoms with Crippen molar-refractivity contribution in [1.29, 1.82) is 0 Å². The van der Waals surface area contributed by atoms with E-state index in [-0.39, 0.29) is 10.6 Å². The van der Waals surface area contributed by atoms with Crippen molar-refractivity contribution in [1.82, 2.24) is 4.90 Å². The third-order valence-corrected chi connectivity index (χ3v) is 4.13. The molecule has 2 rings (SSSR count). The average molecular weight is 328 g/mol. The van der Waals surface area contributed by atoms with E-state index in [0.717, 1.165) is 10.0 Å². The summed E-state index contributed by atoms with van der Waals surface area (Å²) in [4.78, 5) is 12.9. The molecule has 0 heterocycles. The summed E-state index contributed by atoms with van der Waals surface area (Å²) in [6.45, 7) is 1.16. The molecule has 0 aliphatic heterocycles. The molecule has 1 unspecified atom stereocenters. The summed E-state index contributed by atoms with van der Waals surface area (Å²) >= 11 is 3.27. The van der Waals surface area contributed by atoms with Crippen molar-refractivity contribution in [2.45, 2.75) is 25.4 Å². The van der Waals surface area contributed by atoms with E-state index in [4.69, 9.17) is 5.73 Å². The molecule has 0 spiro atoms. The smallest absolute Gasteiger partial charge is 0.275 e. The van der Waals surface area contributed by atoms with Crippen LogP contribution in [-0.2, 0) is 6.54 Å². The minimum atomic E-state index is -0.331. The van der Waals surface area contributed by atoms with Gasteiger partial charge in [0.05, 0.1) is 4.92 Å². The lowest BCUT2D eigenvalue weighted by molar-refractivity contribution is -0.385. The third-order valence-electron chi connectivity index (χ3n) is 3.64. The number of hydrogen-bond donors (Lipinski definition) is 1. The van der Waals surface area contributed by atoms with Gasteiger partial charge < -0.3 is 5.73 Å². The number of halogens is 1. The van der Waals surface area contributed by atoms with E-state index in [1.54, 1.807) is 12.1 Å².